The van der Waals surface area contributed by atoms with Gasteiger partial charge in [-0.15, -0.1) is 21.5 Å². The molecular weight excluding hydrogens is 1000 g/mol. The molecule has 0 unspecified atom stereocenters. The van der Waals surface area contributed by atoms with Crippen LogP contribution in [0.4, 0.5) is 28.7 Å². The molecule has 0 saturated carbocycles. The Balaban J connectivity index is 0.764. The number of β-amino-alcohol motifs (C(OH)–C–C–N with tert-alkyl or cyclic N) is 1. The van der Waals surface area contributed by atoms with E-state index < -0.39 is 35.4 Å². The minimum absolute atomic E-state index is 0.00830. The molecule has 2 aromatic carbocycles. The predicted octanol–water partition coefficient (Wildman–Crippen LogP) is 5.36. The van der Waals surface area contributed by atoms with Gasteiger partial charge in [-0.05, 0) is 60.6 Å². The molecule has 8 rings (SSSR count). The van der Waals surface area contributed by atoms with E-state index in [0.29, 0.717) is 92.0 Å². The van der Waals surface area contributed by atoms with Gasteiger partial charge in [0.2, 0.25) is 23.6 Å². The van der Waals surface area contributed by atoms with E-state index in [2.05, 4.69) is 61.7 Å². The van der Waals surface area contributed by atoms with Crippen molar-refractivity contribution in [2.45, 2.75) is 91.0 Å². The van der Waals surface area contributed by atoms with Gasteiger partial charge in [0.05, 0.1) is 58.1 Å². The molecule has 6 heterocycles. The molecule has 2 aliphatic heterocycles. The number of hydrogen-bond acceptors (Lipinski definition) is 17. The van der Waals surface area contributed by atoms with E-state index in [0.717, 1.165) is 27.4 Å². The number of thiazole rings is 1. The van der Waals surface area contributed by atoms with Gasteiger partial charge in [0.25, 0.3) is 5.91 Å². The van der Waals surface area contributed by atoms with Crippen molar-refractivity contribution in [2.75, 3.05) is 62.4 Å². The highest BCUT2D eigenvalue weighted by Gasteiger charge is 2.44. The fourth-order valence-corrected chi connectivity index (χ4v) is 10.2. The minimum atomic E-state index is -0.922. The molecular formula is C54H67N15O7S. The average molecular weight is 1070 g/mol. The SMILES string of the molecule is CNC(=O)c1nnc(Nc2ccc(N3CCN(C(=O)CCCCCC(=O)N[C@H](C(=O)N4C[C@H](O)C[C@H]4C(=O)NCc4ccc(-c5scnc5C)cc4)C(C)(C)C)CC3)cn2)cc1Nc1cccc(-c2ncn(C)n2)c1OC. The highest BCUT2D eigenvalue weighted by Crippen LogP contribution is 2.37. The zero-order chi connectivity index (χ0) is 54.8. The van der Waals surface area contributed by atoms with Crippen LogP contribution in [0.1, 0.15) is 81.0 Å². The molecule has 0 radical (unpaired) electrons. The van der Waals surface area contributed by atoms with Crippen LogP contribution in [0.25, 0.3) is 21.8 Å². The molecule has 0 spiro atoms. The molecule has 6 N–H and O–H groups in total. The number of amides is 5. The lowest BCUT2D eigenvalue weighted by atomic mass is 9.85. The van der Waals surface area contributed by atoms with Crippen LogP contribution < -0.4 is 36.2 Å². The standard InChI is InChI=1S/C54H67N15O7S/c1-33-48(77-32-59-33)35-18-16-34(17-19-35)28-57-51(73)41-26-37(70)30-69(41)53(75)49(54(2,3)4)62-44(71)14-9-8-10-15-45(72)68-24-22-67(23-25-68)36-20-21-42(56-29-36)61-43-27-40(46(64-63-43)52(74)55-5)60-39-13-11-12-38(47(39)76-7)50-58-31-66(6)65-50/h11-13,16-21,27,29,31-32,37,41,49,70H,8-10,14-15,22-26,28,30H2,1-7H3,(H,55,74)(H,57,73)(H,62,71)(H2,56,60,61,63)/t37-,41+,49-/m1/s1. The average Bonchev–Trinajstić information content (AvgIpc) is 4.19. The Kier molecular flexibility index (Phi) is 17.7. The number of likely N-dealkylation sites (tertiary alicyclic amines) is 1. The fourth-order valence-electron chi connectivity index (χ4n) is 9.38. The Morgan fingerprint density at radius 1 is 0.883 bits per heavy atom. The Morgan fingerprint density at radius 2 is 1.65 bits per heavy atom. The maximum Gasteiger partial charge on any atom is 0.273 e. The highest BCUT2D eigenvalue weighted by molar-refractivity contribution is 7.13. The van der Waals surface area contributed by atoms with Crippen LogP contribution in [0.3, 0.4) is 0 Å². The number of unbranched alkanes of at least 4 members (excludes halogenated alkanes) is 2. The number of carbonyl (C=O) groups is 5. The number of nitrogens with zero attached hydrogens (tertiary/aromatic N) is 10. The van der Waals surface area contributed by atoms with Gasteiger partial charge in [0.1, 0.15) is 24.2 Å². The quantitative estimate of drug-likeness (QED) is 0.0526. The first-order chi connectivity index (χ1) is 37.0. The topological polar surface area (TPSA) is 267 Å². The maximum atomic E-state index is 14.1. The van der Waals surface area contributed by atoms with Crippen LogP contribution in [-0.4, -0.2) is 144 Å². The number of aliphatic hydroxyl groups excluding tert-OH is 1. The number of benzene rings is 2. The zero-order valence-corrected chi connectivity index (χ0v) is 45.3. The number of aromatic nitrogens is 7. The highest BCUT2D eigenvalue weighted by atomic mass is 32.1. The second-order valence-electron chi connectivity index (χ2n) is 20.2. The van der Waals surface area contributed by atoms with E-state index >= 15 is 0 Å². The summed E-state index contributed by atoms with van der Waals surface area (Å²) in [5.41, 5.74) is 6.59. The summed E-state index contributed by atoms with van der Waals surface area (Å²) in [4.78, 5) is 86.9. The number of methoxy groups -OCH3 is 1. The van der Waals surface area contributed by atoms with Crippen LogP contribution in [0.15, 0.2) is 78.7 Å². The van der Waals surface area contributed by atoms with Crippen molar-refractivity contribution >= 4 is 69.6 Å². The number of rotatable bonds is 20. The molecule has 0 bridgehead atoms. The lowest BCUT2D eigenvalue weighted by Crippen LogP contribution is -2.57. The molecule has 4 aromatic heterocycles. The van der Waals surface area contributed by atoms with Crippen molar-refractivity contribution in [1.82, 2.24) is 60.7 Å². The van der Waals surface area contributed by atoms with Crippen molar-refractivity contribution in [3.8, 4) is 27.6 Å². The van der Waals surface area contributed by atoms with Gasteiger partial charge >= 0.3 is 0 Å². The van der Waals surface area contributed by atoms with E-state index in [9.17, 15) is 29.1 Å². The van der Waals surface area contributed by atoms with Crippen LogP contribution in [0.2, 0.25) is 0 Å². The van der Waals surface area contributed by atoms with Gasteiger partial charge in [-0.3, -0.25) is 28.7 Å². The summed E-state index contributed by atoms with van der Waals surface area (Å²) >= 11 is 1.57. The number of para-hydroxylation sites is 1. The van der Waals surface area contributed by atoms with Gasteiger partial charge in [-0.1, -0.05) is 57.5 Å². The maximum absolute atomic E-state index is 14.1. The molecule has 406 valence electrons. The van der Waals surface area contributed by atoms with Crippen LogP contribution in [-0.2, 0) is 32.8 Å². The van der Waals surface area contributed by atoms with Crippen molar-refractivity contribution in [3.63, 3.8) is 0 Å². The first-order valence-electron chi connectivity index (χ1n) is 25.7. The van der Waals surface area contributed by atoms with Crippen molar-refractivity contribution in [1.29, 1.82) is 0 Å². The Bertz CT molecular complexity index is 3040. The molecule has 2 fully saturated rings. The lowest BCUT2D eigenvalue weighted by molar-refractivity contribution is -0.144. The third kappa shape index (κ3) is 13.7. The Morgan fingerprint density at radius 3 is 2.31 bits per heavy atom. The Labute approximate surface area is 451 Å². The number of hydrogen-bond donors (Lipinski definition) is 6. The summed E-state index contributed by atoms with van der Waals surface area (Å²) in [5, 5.41) is 38.4. The molecule has 2 aliphatic rings. The molecule has 5 amide bonds. The molecule has 0 aliphatic carbocycles. The first kappa shape index (κ1) is 55.2. The largest absolute Gasteiger partial charge is 0.494 e. The number of piperazine rings is 1. The normalized spacial score (nSPS) is 15.9. The van der Waals surface area contributed by atoms with Crippen LogP contribution in [0.5, 0.6) is 5.75 Å². The summed E-state index contributed by atoms with van der Waals surface area (Å²) in [6.07, 6.45) is 4.93. The van der Waals surface area contributed by atoms with E-state index in [-0.39, 0.29) is 49.3 Å². The lowest BCUT2D eigenvalue weighted by Gasteiger charge is -2.36. The summed E-state index contributed by atoms with van der Waals surface area (Å²) in [6.45, 7) is 10.1. The second kappa shape index (κ2) is 24.7. The summed E-state index contributed by atoms with van der Waals surface area (Å²) in [6, 6.07) is 17.0. The number of ether oxygens (including phenoxy) is 1. The number of pyridine rings is 1. The third-order valence-electron chi connectivity index (χ3n) is 13.6. The number of anilines is 5. The molecule has 3 atom stereocenters. The van der Waals surface area contributed by atoms with Crippen LogP contribution >= 0.6 is 11.3 Å². The van der Waals surface area contributed by atoms with E-state index in [4.69, 9.17) is 4.74 Å². The Hall–Kier alpha value is -8.05. The number of nitrogens with one attached hydrogen (secondary N) is 5. The summed E-state index contributed by atoms with van der Waals surface area (Å²) < 4.78 is 7.36. The van der Waals surface area contributed by atoms with Gasteiger partial charge in [-0.2, -0.15) is 5.10 Å². The second-order valence-corrected chi connectivity index (χ2v) is 21.1. The van der Waals surface area contributed by atoms with E-state index in [1.807, 2.05) is 92.7 Å². The van der Waals surface area contributed by atoms with E-state index in [1.165, 1.54) is 11.9 Å². The van der Waals surface area contributed by atoms with Gasteiger partial charge in [-0.25, -0.2) is 15.0 Å². The van der Waals surface area contributed by atoms with Gasteiger partial charge in [0.15, 0.2) is 23.1 Å². The monoisotopic (exact) mass is 1070 g/mol. The molecule has 6 aromatic rings. The van der Waals surface area contributed by atoms with Gasteiger partial charge < -0.3 is 51.1 Å². The fraction of sp³-hybridized carbons (Fsp3) is 0.426. The third-order valence-corrected chi connectivity index (χ3v) is 14.6. The number of aryl methyl sites for hydroxylation is 2. The minimum Gasteiger partial charge on any atom is -0.494 e. The smallest absolute Gasteiger partial charge is 0.273 e. The zero-order valence-electron chi connectivity index (χ0n) is 44.5. The molecule has 77 heavy (non-hydrogen) atoms. The number of carbonyl (C=O) groups excluding carboxylic acids is 5. The summed E-state index contributed by atoms with van der Waals surface area (Å²) in [7, 11) is 4.84. The van der Waals surface area contributed by atoms with Crippen molar-refractivity contribution in [3.05, 3.63) is 95.6 Å². The van der Waals surface area contributed by atoms with Gasteiger partial charge in [0, 0.05) is 78.7 Å². The van der Waals surface area contributed by atoms with Crippen molar-refractivity contribution < 1.29 is 33.8 Å². The predicted molar refractivity (Wildman–Crippen MR) is 293 cm³/mol. The summed E-state index contributed by atoms with van der Waals surface area (Å²) in [5.74, 6) is 0.362. The molecule has 2 saturated heterocycles. The van der Waals surface area contributed by atoms with Crippen LogP contribution in [0, 0.1) is 12.3 Å². The number of aliphatic hydroxyl groups is 1. The van der Waals surface area contributed by atoms with E-state index in [1.54, 1.807) is 48.8 Å². The van der Waals surface area contributed by atoms with Crippen molar-refractivity contribution in [2.24, 2.45) is 12.5 Å². The molecule has 23 heteroatoms. The first-order valence-corrected chi connectivity index (χ1v) is 26.6. The molecule has 22 nitrogen and oxygen atoms in total.